The second-order valence-electron chi connectivity index (χ2n) is 2.90. The monoisotopic (exact) mass is 187 g/mol. The average molecular weight is 187 g/mol. The Balaban J connectivity index is 2.15. The van der Waals surface area contributed by atoms with Gasteiger partial charge < -0.3 is 0 Å². The molecule has 1 aromatic carbocycles. The van der Waals surface area contributed by atoms with Gasteiger partial charge in [-0.25, -0.2) is 9.67 Å². The minimum Gasteiger partial charge on any atom is -0.294 e. The van der Waals surface area contributed by atoms with Gasteiger partial charge in [-0.2, -0.15) is 0 Å². The molecule has 4 heteroatoms. The van der Waals surface area contributed by atoms with Crippen LogP contribution in [0.15, 0.2) is 36.7 Å². The maximum absolute atomic E-state index is 10.3. The van der Waals surface area contributed by atoms with Crippen molar-refractivity contribution in [3.05, 3.63) is 48.0 Å². The van der Waals surface area contributed by atoms with Crippen molar-refractivity contribution >= 4 is 6.29 Å². The average Bonchev–Trinajstić information content (AvgIpc) is 2.67. The van der Waals surface area contributed by atoms with Crippen LogP contribution in [0.25, 0.3) is 0 Å². The van der Waals surface area contributed by atoms with Crippen molar-refractivity contribution in [1.29, 1.82) is 0 Å². The molecule has 1 heterocycles. The van der Waals surface area contributed by atoms with E-state index in [1.54, 1.807) is 11.0 Å². The van der Waals surface area contributed by atoms with Gasteiger partial charge in [0.2, 0.25) is 5.82 Å². The van der Waals surface area contributed by atoms with E-state index in [2.05, 4.69) is 10.1 Å². The van der Waals surface area contributed by atoms with Crippen LogP contribution in [0.3, 0.4) is 0 Å². The molecule has 70 valence electrons. The molecular formula is C10H9N3O. The van der Waals surface area contributed by atoms with Crippen LogP contribution in [-0.4, -0.2) is 21.1 Å². The van der Waals surface area contributed by atoms with Gasteiger partial charge in [-0.05, 0) is 5.56 Å². The van der Waals surface area contributed by atoms with Crippen LogP contribution in [0, 0.1) is 0 Å². The zero-order valence-electron chi connectivity index (χ0n) is 7.50. The summed E-state index contributed by atoms with van der Waals surface area (Å²) in [5.74, 6) is 0.223. The highest BCUT2D eigenvalue weighted by molar-refractivity contribution is 5.68. The van der Waals surface area contributed by atoms with Crippen molar-refractivity contribution in [2.75, 3.05) is 0 Å². The third kappa shape index (κ3) is 1.85. The first kappa shape index (κ1) is 8.62. The zero-order chi connectivity index (χ0) is 9.80. The molecule has 0 aliphatic carbocycles. The van der Waals surface area contributed by atoms with E-state index in [0.29, 0.717) is 12.8 Å². The lowest BCUT2D eigenvalue weighted by atomic mass is 10.2. The summed E-state index contributed by atoms with van der Waals surface area (Å²) in [4.78, 5) is 14.1. The Bertz CT molecular complexity index is 422. The lowest BCUT2D eigenvalue weighted by Gasteiger charge is -1.99. The van der Waals surface area contributed by atoms with Gasteiger partial charge in [-0.1, -0.05) is 30.3 Å². The SMILES string of the molecule is O=Cc1ncn(Cc2ccccc2)n1. The third-order valence-electron chi connectivity index (χ3n) is 1.85. The first-order valence-electron chi connectivity index (χ1n) is 4.27. The molecule has 0 saturated heterocycles. The maximum Gasteiger partial charge on any atom is 0.213 e. The largest absolute Gasteiger partial charge is 0.294 e. The Morgan fingerprint density at radius 1 is 1.29 bits per heavy atom. The summed E-state index contributed by atoms with van der Waals surface area (Å²) in [5.41, 5.74) is 1.13. The lowest BCUT2D eigenvalue weighted by Crippen LogP contribution is -2.00. The van der Waals surface area contributed by atoms with Crippen LogP contribution in [0.4, 0.5) is 0 Å². The minimum atomic E-state index is 0.223. The van der Waals surface area contributed by atoms with Gasteiger partial charge in [0.1, 0.15) is 6.33 Å². The van der Waals surface area contributed by atoms with E-state index in [0.717, 1.165) is 5.56 Å². The smallest absolute Gasteiger partial charge is 0.213 e. The summed E-state index contributed by atoms with van der Waals surface area (Å²) in [6.07, 6.45) is 2.19. The first-order chi connectivity index (χ1) is 6.88. The quantitative estimate of drug-likeness (QED) is 0.677. The number of carbonyl (C=O) groups is 1. The standard InChI is InChI=1S/C10H9N3O/c14-7-10-11-8-13(12-10)6-9-4-2-1-3-5-9/h1-5,7-8H,6H2. The lowest BCUT2D eigenvalue weighted by molar-refractivity contribution is 0.111. The predicted octanol–water partition coefficient (Wildman–Crippen LogP) is 1.14. The van der Waals surface area contributed by atoms with E-state index in [1.165, 1.54) is 0 Å². The Morgan fingerprint density at radius 3 is 2.71 bits per heavy atom. The fourth-order valence-corrected chi connectivity index (χ4v) is 1.21. The van der Waals surface area contributed by atoms with E-state index in [1.807, 2.05) is 30.3 Å². The number of nitrogens with zero attached hydrogens (tertiary/aromatic N) is 3. The molecule has 1 aromatic heterocycles. The van der Waals surface area contributed by atoms with Crippen LogP contribution in [0.1, 0.15) is 16.2 Å². The van der Waals surface area contributed by atoms with E-state index < -0.39 is 0 Å². The van der Waals surface area contributed by atoms with Crippen molar-refractivity contribution in [2.45, 2.75) is 6.54 Å². The number of carbonyl (C=O) groups excluding carboxylic acids is 1. The topological polar surface area (TPSA) is 47.8 Å². The molecule has 0 radical (unpaired) electrons. The molecular weight excluding hydrogens is 178 g/mol. The van der Waals surface area contributed by atoms with Crippen LogP contribution in [0.2, 0.25) is 0 Å². The highest BCUT2D eigenvalue weighted by Gasteiger charge is 1.98. The van der Waals surface area contributed by atoms with Crippen molar-refractivity contribution in [1.82, 2.24) is 14.8 Å². The summed E-state index contributed by atoms with van der Waals surface area (Å²) in [6.45, 7) is 0.641. The fourth-order valence-electron chi connectivity index (χ4n) is 1.21. The molecule has 0 amide bonds. The summed E-state index contributed by atoms with van der Waals surface area (Å²) in [5, 5.41) is 3.96. The number of hydrogen-bond donors (Lipinski definition) is 0. The highest BCUT2D eigenvalue weighted by atomic mass is 16.1. The molecule has 0 fully saturated rings. The molecule has 0 unspecified atom stereocenters. The highest BCUT2D eigenvalue weighted by Crippen LogP contribution is 2.00. The summed E-state index contributed by atoms with van der Waals surface area (Å²) in [7, 11) is 0. The predicted molar refractivity (Wildman–Crippen MR) is 51.0 cm³/mol. The van der Waals surface area contributed by atoms with Crippen LogP contribution in [0.5, 0.6) is 0 Å². The number of aromatic nitrogens is 3. The van der Waals surface area contributed by atoms with Gasteiger partial charge in [0.25, 0.3) is 0 Å². The first-order valence-corrected chi connectivity index (χ1v) is 4.27. The molecule has 4 nitrogen and oxygen atoms in total. The zero-order valence-corrected chi connectivity index (χ0v) is 7.50. The third-order valence-corrected chi connectivity index (χ3v) is 1.85. The van der Waals surface area contributed by atoms with Crippen molar-refractivity contribution < 1.29 is 4.79 Å². The molecule has 2 rings (SSSR count). The normalized spacial score (nSPS) is 10.0. The molecule has 0 aliphatic heterocycles. The van der Waals surface area contributed by atoms with Crippen molar-refractivity contribution in [3.63, 3.8) is 0 Å². The molecule has 0 aliphatic rings. The van der Waals surface area contributed by atoms with E-state index in [-0.39, 0.29) is 5.82 Å². The van der Waals surface area contributed by atoms with Crippen LogP contribution in [-0.2, 0) is 6.54 Å². The van der Waals surface area contributed by atoms with Crippen molar-refractivity contribution in [3.8, 4) is 0 Å². The number of rotatable bonds is 3. The molecule has 14 heavy (non-hydrogen) atoms. The molecule has 0 spiro atoms. The van der Waals surface area contributed by atoms with E-state index >= 15 is 0 Å². The second-order valence-corrected chi connectivity index (χ2v) is 2.90. The molecule has 2 aromatic rings. The van der Waals surface area contributed by atoms with Gasteiger partial charge in [-0.15, -0.1) is 5.10 Å². The molecule has 0 atom stereocenters. The summed E-state index contributed by atoms with van der Waals surface area (Å²) >= 11 is 0. The van der Waals surface area contributed by atoms with Crippen LogP contribution < -0.4 is 0 Å². The van der Waals surface area contributed by atoms with Gasteiger partial charge in [0, 0.05) is 0 Å². The number of aldehydes is 1. The summed E-state index contributed by atoms with van der Waals surface area (Å²) < 4.78 is 1.64. The van der Waals surface area contributed by atoms with E-state index in [9.17, 15) is 4.79 Å². The van der Waals surface area contributed by atoms with Gasteiger partial charge in [0.15, 0.2) is 6.29 Å². The Morgan fingerprint density at radius 2 is 2.07 bits per heavy atom. The van der Waals surface area contributed by atoms with Gasteiger partial charge in [0.05, 0.1) is 6.54 Å². The Labute approximate surface area is 81.2 Å². The van der Waals surface area contributed by atoms with E-state index in [4.69, 9.17) is 0 Å². The van der Waals surface area contributed by atoms with Crippen molar-refractivity contribution in [2.24, 2.45) is 0 Å². The summed E-state index contributed by atoms with van der Waals surface area (Å²) in [6, 6.07) is 9.89. The Kier molecular flexibility index (Phi) is 2.36. The van der Waals surface area contributed by atoms with Crippen LogP contribution >= 0.6 is 0 Å². The fraction of sp³-hybridized carbons (Fsp3) is 0.100. The molecule has 0 saturated carbocycles. The second kappa shape index (κ2) is 3.83. The van der Waals surface area contributed by atoms with Gasteiger partial charge >= 0.3 is 0 Å². The molecule has 0 bridgehead atoms. The Hall–Kier alpha value is -1.97. The maximum atomic E-state index is 10.3. The minimum absolute atomic E-state index is 0.223. The number of benzene rings is 1. The number of hydrogen-bond acceptors (Lipinski definition) is 3. The molecule has 0 N–H and O–H groups in total. The van der Waals surface area contributed by atoms with Gasteiger partial charge in [-0.3, -0.25) is 4.79 Å².